The van der Waals surface area contributed by atoms with E-state index in [1.165, 1.54) is 16.7 Å². The van der Waals surface area contributed by atoms with Crippen molar-refractivity contribution in [3.8, 4) is 0 Å². The van der Waals surface area contributed by atoms with Crippen LogP contribution in [0, 0.1) is 0 Å². The van der Waals surface area contributed by atoms with E-state index in [1.54, 1.807) is 0 Å². The molecule has 0 N–H and O–H groups in total. The summed E-state index contributed by atoms with van der Waals surface area (Å²) in [5, 5.41) is 0. The van der Waals surface area contributed by atoms with Crippen LogP contribution in [0.25, 0.3) is 0 Å². The molecule has 112 valence electrons. The Kier molecular flexibility index (Phi) is 5.58. The molecule has 1 aromatic carbocycles. The van der Waals surface area contributed by atoms with Gasteiger partial charge in [0.25, 0.3) is 0 Å². The highest BCUT2D eigenvalue weighted by molar-refractivity contribution is 5.17. The third kappa shape index (κ3) is 4.71. The standard InChI is InChI=1S/C20H27N/c1-16(2)13-19-11-8-12-20(14-17(3)4)21(19)15-18-9-6-5-7-10-18/h5-11,19-20H,1,3,12-15H2,2,4H3/t19-,20+/m1/s1. The summed E-state index contributed by atoms with van der Waals surface area (Å²) in [7, 11) is 0. The van der Waals surface area contributed by atoms with Gasteiger partial charge in [-0.15, -0.1) is 13.2 Å². The molecular weight excluding hydrogens is 254 g/mol. The molecule has 1 heterocycles. The van der Waals surface area contributed by atoms with Gasteiger partial charge in [0.05, 0.1) is 0 Å². The number of rotatable bonds is 6. The van der Waals surface area contributed by atoms with E-state index in [4.69, 9.17) is 0 Å². The topological polar surface area (TPSA) is 3.24 Å². The summed E-state index contributed by atoms with van der Waals surface area (Å²) in [4.78, 5) is 2.62. The number of nitrogens with zero attached hydrogens (tertiary/aromatic N) is 1. The zero-order valence-corrected chi connectivity index (χ0v) is 13.4. The molecule has 1 heteroatoms. The number of hydrogen-bond donors (Lipinski definition) is 0. The van der Waals surface area contributed by atoms with Crippen molar-refractivity contribution in [2.75, 3.05) is 0 Å². The fraction of sp³-hybridized carbons (Fsp3) is 0.400. The molecule has 21 heavy (non-hydrogen) atoms. The highest BCUT2D eigenvalue weighted by atomic mass is 15.2. The minimum absolute atomic E-state index is 0.459. The fourth-order valence-corrected chi connectivity index (χ4v) is 3.10. The highest BCUT2D eigenvalue weighted by Crippen LogP contribution is 2.27. The summed E-state index contributed by atoms with van der Waals surface area (Å²) in [6, 6.07) is 11.8. The van der Waals surface area contributed by atoms with Gasteiger partial charge in [-0.3, -0.25) is 4.90 Å². The third-order valence-electron chi connectivity index (χ3n) is 4.01. The zero-order valence-electron chi connectivity index (χ0n) is 13.4. The van der Waals surface area contributed by atoms with E-state index in [1.807, 2.05) is 0 Å². The Hall–Kier alpha value is -1.60. The van der Waals surface area contributed by atoms with Crippen LogP contribution in [0.4, 0.5) is 0 Å². The van der Waals surface area contributed by atoms with E-state index in [9.17, 15) is 0 Å². The molecule has 0 aromatic heterocycles. The van der Waals surface area contributed by atoms with Gasteiger partial charge in [-0.25, -0.2) is 0 Å². The van der Waals surface area contributed by atoms with Gasteiger partial charge < -0.3 is 0 Å². The molecule has 0 saturated heterocycles. The van der Waals surface area contributed by atoms with Crippen molar-refractivity contribution in [2.45, 2.75) is 51.7 Å². The number of benzene rings is 1. The predicted molar refractivity (Wildman–Crippen MR) is 92.2 cm³/mol. The lowest BCUT2D eigenvalue weighted by Gasteiger charge is -2.40. The van der Waals surface area contributed by atoms with Gasteiger partial charge in [0.2, 0.25) is 0 Å². The van der Waals surface area contributed by atoms with Crippen LogP contribution >= 0.6 is 0 Å². The molecule has 0 radical (unpaired) electrons. The molecule has 2 rings (SSSR count). The van der Waals surface area contributed by atoms with Gasteiger partial charge >= 0.3 is 0 Å². The average molecular weight is 281 g/mol. The fourth-order valence-electron chi connectivity index (χ4n) is 3.10. The maximum Gasteiger partial charge on any atom is 0.0321 e. The van der Waals surface area contributed by atoms with Crippen LogP contribution in [0.2, 0.25) is 0 Å². The monoisotopic (exact) mass is 281 g/mol. The summed E-state index contributed by atoms with van der Waals surface area (Å²) in [5.41, 5.74) is 3.90. The lowest BCUT2D eigenvalue weighted by molar-refractivity contribution is 0.138. The van der Waals surface area contributed by atoms with E-state index in [0.717, 1.165) is 25.8 Å². The van der Waals surface area contributed by atoms with E-state index in [0.29, 0.717) is 12.1 Å². The molecule has 1 aromatic rings. The molecule has 1 aliphatic heterocycles. The molecule has 0 unspecified atom stereocenters. The van der Waals surface area contributed by atoms with Crippen LogP contribution in [-0.4, -0.2) is 17.0 Å². The van der Waals surface area contributed by atoms with Crippen LogP contribution in [-0.2, 0) is 6.54 Å². The molecule has 0 amide bonds. The minimum atomic E-state index is 0.459. The van der Waals surface area contributed by atoms with Crippen molar-refractivity contribution in [1.29, 1.82) is 0 Å². The smallest absolute Gasteiger partial charge is 0.0321 e. The Morgan fingerprint density at radius 3 is 2.38 bits per heavy atom. The molecule has 1 nitrogen and oxygen atoms in total. The molecule has 0 saturated carbocycles. The first-order chi connectivity index (χ1) is 10.1. The average Bonchev–Trinajstić information content (AvgIpc) is 2.42. The van der Waals surface area contributed by atoms with Gasteiger partial charge in [-0.1, -0.05) is 53.6 Å². The Morgan fingerprint density at radius 2 is 1.76 bits per heavy atom. The van der Waals surface area contributed by atoms with Gasteiger partial charge in [0.15, 0.2) is 0 Å². The van der Waals surface area contributed by atoms with Crippen molar-refractivity contribution in [2.24, 2.45) is 0 Å². The predicted octanol–water partition coefficient (Wildman–Crippen LogP) is 5.12. The van der Waals surface area contributed by atoms with Crippen LogP contribution in [0.1, 0.15) is 38.7 Å². The quantitative estimate of drug-likeness (QED) is 0.654. The lowest BCUT2D eigenvalue weighted by Crippen LogP contribution is -2.44. The first-order valence-electron chi connectivity index (χ1n) is 7.81. The summed E-state index contributed by atoms with van der Waals surface area (Å²) in [6.07, 6.45) is 7.92. The summed E-state index contributed by atoms with van der Waals surface area (Å²) < 4.78 is 0. The highest BCUT2D eigenvalue weighted by Gasteiger charge is 2.27. The Balaban J connectivity index is 2.19. The Morgan fingerprint density at radius 1 is 1.10 bits per heavy atom. The van der Waals surface area contributed by atoms with Crippen LogP contribution < -0.4 is 0 Å². The lowest BCUT2D eigenvalue weighted by atomic mass is 9.93. The van der Waals surface area contributed by atoms with Crippen LogP contribution in [0.3, 0.4) is 0 Å². The second-order valence-corrected chi connectivity index (χ2v) is 6.37. The molecule has 0 fully saturated rings. The van der Waals surface area contributed by atoms with Crippen molar-refractivity contribution >= 4 is 0 Å². The van der Waals surface area contributed by atoms with Crippen molar-refractivity contribution in [3.05, 3.63) is 72.4 Å². The van der Waals surface area contributed by atoms with Gasteiger partial charge in [0, 0.05) is 18.6 Å². The van der Waals surface area contributed by atoms with Crippen molar-refractivity contribution in [1.82, 2.24) is 4.90 Å². The molecule has 0 spiro atoms. The third-order valence-corrected chi connectivity index (χ3v) is 4.01. The van der Waals surface area contributed by atoms with E-state index in [-0.39, 0.29) is 0 Å². The first-order valence-corrected chi connectivity index (χ1v) is 7.81. The van der Waals surface area contributed by atoms with Crippen LogP contribution in [0.5, 0.6) is 0 Å². The second-order valence-electron chi connectivity index (χ2n) is 6.37. The van der Waals surface area contributed by atoms with Gasteiger partial charge in [0.1, 0.15) is 0 Å². The Labute approximate surface area is 129 Å². The van der Waals surface area contributed by atoms with E-state index in [2.05, 4.69) is 74.4 Å². The first kappa shape index (κ1) is 15.8. The maximum absolute atomic E-state index is 4.11. The van der Waals surface area contributed by atoms with Gasteiger partial charge in [-0.05, 0) is 38.7 Å². The van der Waals surface area contributed by atoms with Crippen LogP contribution in [0.15, 0.2) is 66.8 Å². The van der Waals surface area contributed by atoms with Gasteiger partial charge in [-0.2, -0.15) is 0 Å². The second kappa shape index (κ2) is 7.42. The molecular formula is C20H27N. The summed E-state index contributed by atoms with van der Waals surface area (Å²) in [5.74, 6) is 0. The van der Waals surface area contributed by atoms with E-state index < -0.39 is 0 Å². The molecule has 0 aliphatic carbocycles. The van der Waals surface area contributed by atoms with Crippen molar-refractivity contribution in [3.63, 3.8) is 0 Å². The zero-order chi connectivity index (χ0) is 15.2. The normalized spacial score (nSPS) is 22.2. The molecule has 2 atom stereocenters. The molecule has 1 aliphatic rings. The van der Waals surface area contributed by atoms with Crippen molar-refractivity contribution < 1.29 is 0 Å². The summed E-state index contributed by atoms with van der Waals surface area (Å²) >= 11 is 0. The number of hydrogen-bond acceptors (Lipinski definition) is 1. The Bertz CT molecular complexity index is 512. The largest absolute Gasteiger partial charge is 0.289 e. The minimum Gasteiger partial charge on any atom is -0.289 e. The van der Waals surface area contributed by atoms with E-state index >= 15 is 0 Å². The summed E-state index contributed by atoms with van der Waals surface area (Å²) in [6.45, 7) is 13.5. The SMILES string of the molecule is C=C(C)C[C@@H]1CC=C[C@H](CC(=C)C)N1Cc1ccccc1. The maximum atomic E-state index is 4.11. The molecule has 0 bridgehead atoms.